The van der Waals surface area contributed by atoms with Crippen LogP contribution in [0.25, 0.3) is 22.4 Å². The van der Waals surface area contributed by atoms with E-state index in [2.05, 4.69) is 15.0 Å². The van der Waals surface area contributed by atoms with Gasteiger partial charge < -0.3 is 5.73 Å². The molecule has 0 saturated heterocycles. The van der Waals surface area contributed by atoms with Crippen LogP contribution in [0.1, 0.15) is 19.9 Å². The quantitative estimate of drug-likeness (QED) is 0.734. The van der Waals surface area contributed by atoms with Gasteiger partial charge in [0.2, 0.25) is 11.2 Å². The number of fused-ring (bicyclic) bond motifs is 1. The van der Waals surface area contributed by atoms with E-state index in [1.165, 1.54) is 0 Å². The molecule has 0 atom stereocenters. The smallest absolute Gasteiger partial charge is 0.225 e. The number of imidazole rings is 1. The number of rotatable bonds is 2. The lowest BCUT2D eigenvalue weighted by Gasteiger charge is -2.09. The zero-order valence-electron chi connectivity index (χ0n) is 11.2. The number of hydrogen-bond acceptors (Lipinski definition) is 4. The molecule has 0 aliphatic rings. The SMILES string of the molecule is CC(C)n1c(N)nc2c(-c3ccccc3)nc(Cl)nc21. The van der Waals surface area contributed by atoms with Crippen LogP contribution in [0.4, 0.5) is 5.95 Å². The fourth-order valence-electron chi connectivity index (χ4n) is 2.27. The minimum Gasteiger partial charge on any atom is -0.369 e. The van der Waals surface area contributed by atoms with E-state index >= 15 is 0 Å². The molecule has 0 aliphatic heterocycles. The van der Waals surface area contributed by atoms with E-state index in [0.717, 1.165) is 5.56 Å². The maximum absolute atomic E-state index is 6.06. The largest absolute Gasteiger partial charge is 0.369 e. The lowest BCUT2D eigenvalue weighted by molar-refractivity contribution is 0.622. The molecular weight excluding hydrogens is 274 g/mol. The lowest BCUT2D eigenvalue weighted by Crippen LogP contribution is -2.06. The van der Waals surface area contributed by atoms with Gasteiger partial charge in [-0.3, -0.25) is 4.57 Å². The Morgan fingerprint density at radius 1 is 1.10 bits per heavy atom. The van der Waals surface area contributed by atoms with Gasteiger partial charge in [0.25, 0.3) is 0 Å². The Kier molecular flexibility index (Phi) is 3.06. The standard InChI is InChI=1S/C14H14ClN5/c1-8(2)20-12-11(18-14(20)16)10(17-13(15)19-12)9-6-4-3-5-7-9/h3-8H,1-2H3,(H2,16,18). The van der Waals surface area contributed by atoms with E-state index < -0.39 is 0 Å². The highest BCUT2D eigenvalue weighted by atomic mass is 35.5. The van der Waals surface area contributed by atoms with Crippen LogP contribution in [0.15, 0.2) is 30.3 Å². The van der Waals surface area contributed by atoms with Gasteiger partial charge in [0.15, 0.2) is 5.65 Å². The zero-order chi connectivity index (χ0) is 14.3. The molecule has 2 heterocycles. The number of hydrogen-bond donors (Lipinski definition) is 1. The van der Waals surface area contributed by atoms with Crippen LogP contribution in [-0.4, -0.2) is 19.5 Å². The summed E-state index contributed by atoms with van der Waals surface area (Å²) in [6.07, 6.45) is 0. The van der Waals surface area contributed by atoms with E-state index in [1.807, 2.05) is 48.7 Å². The van der Waals surface area contributed by atoms with Crippen molar-refractivity contribution in [3.05, 3.63) is 35.6 Å². The first-order valence-electron chi connectivity index (χ1n) is 6.34. The van der Waals surface area contributed by atoms with Gasteiger partial charge in [-0.25, -0.2) is 9.97 Å². The Bertz CT molecular complexity index is 764. The first-order valence-corrected chi connectivity index (χ1v) is 6.72. The number of anilines is 1. The average Bonchev–Trinajstić information content (AvgIpc) is 2.74. The number of nitrogens with zero attached hydrogens (tertiary/aromatic N) is 4. The monoisotopic (exact) mass is 287 g/mol. The van der Waals surface area contributed by atoms with Crippen molar-refractivity contribution in [1.82, 2.24) is 19.5 Å². The highest BCUT2D eigenvalue weighted by Crippen LogP contribution is 2.29. The molecule has 0 radical (unpaired) electrons. The van der Waals surface area contributed by atoms with Gasteiger partial charge in [-0.1, -0.05) is 30.3 Å². The van der Waals surface area contributed by atoms with Gasteiger partial charge in [-0.05, 0) is 25.4 Å². The van der Waals surface area contributed by atoms with E-state index in [1.54, 1.807) is 0 Å². The molecule has 0 aliphatic carbocycles. The van der Waals surface area contributed by atoms with Crippen molar-refractivity contribution in [1.29, 1.82) is 0 Å². The highest BCUT2D eigenvalue weighted by molar-refractivity contribution is 6.28. The minimum atomic E-state index is 0.148. The topological polar surface area (TPSA) is 69.6 Å². The van der Waals surface area contributed by atoms with Gasteiger partial charge in [0.05, 0.1) is 0 Å². The summed E-state index contributed by atoms with van der Waals surface area (Å²) in [4.78, 5) is 13.0. The van der Waals surface area contributed by atoms with E-state index in [0.29, 0.717) is 22.8 Å². The molecule has 0 amide bonds. The van der Waals surface area contributed by atoms with Gasteiger partial charge in [0.1, 0.15) is 11.2 Å². The maximum Gasteiger partial charge on any atom is 0.225 e. The number of aromatic nitrogens is 4. The molecule has 2 aromatic heterocycles. The fraction of sp³-hybridized carbons (Fsp3) is 0.214. The van der Waals surface area contributed by atoms with E-state index in [9.17, 15) is 0 Å². The van der Waals surface area contributed by atoms with Crippen molar-refractivity contribution in [3.63, 3.8) is 0 Å². The van der Waals surface area contributed by atoms with Gasteiger partial charge in [0, 0.05) is 11.6 Å². The summed E-state index contributed by atoms with van der Waals surface area (Å²) in [6, 6.07) is 9.91. The van der Waals surface area contributed by atoms with Crippen LogP contribution in [0.3, 0.4) is 0 Å². The molecule has 20 heavy (non-hydrogen) atoms. The summed E-state index contributed by atoms with van der Waals surface area (Å²) in [5.41, 5.74) is 8.97. The van der Waals surface area contributed by atoms with E-state index in [-0.39, 0.29) is 11.3 Å². The van der Waals surface area contributed by atoms with Gasteiger partial charge >= 0.3 is 0 Å². The first kappa shape index (κ1) is 12.9. The fourth-order valence-corrected chi connectivity index (χ4v) is 2.44. The van der Waals surface area contributed by atoms with E-state index in [4.69, 9.17) is 17.3 Å². The normalized spacial score (nSPS) is 11.4. The Hall–Kier alpha value is -2.14. The summed E-state index contributed by atoms with van der Waals surface area (Å²) in [7, 11) is 0. The molecule has 3 aromatic rings. The Balaban J connectivity index is 2.37. The summed E-state index contributed by atoms with van der Waals surface area (Å²) in [6.45, 7) is 4.05. The van der Waals surface area contributed by atoms with Gasteiger partial charge in [-0.2, -0.15) is 4.98 Å². The second-order valence-electron chi connectivity index (χ2n) is 4.81. The molecule has 2 N–H and O–H groups in total. The second-order valence-corrected chi connectivity index (χ2v) is 5.15. The summed E-state index contributed by atoms with van der Waals surface area (Å²) in [5.74, 6) is 0.420. The van der Waals surface area contributed by atoms with Crippen LogP contribution in [0.2, 0.25) is 5.28 Å². The van der Waals surface area contributed by atoms with Gasteiger partial charge in [-0.15, -0.1) is 0 Å². The maximum atomic E-state index is 6.06. The predicted molar refractivity (Wildman–Crippen MR) is 80.6 cm³/mol. The van der Waals surface area contributed by atoms with Crippen molar-refractivity contribution in [2.45, 2.75) is 19.9 Å². The zero-order valence-corrected chi connectivity index (χ0v) is 12.0. The third kappa shape index (κ3) is 2.00. The summed E-state index contributed by atoms with van der Waals surface area (Å²) < 4.78 is 1.86. The predicted octanol–water partition coefficient (Wildman–Crippen LogP) is 3.31. The molecule has 0 saturated carbocycles. The minimum absolute atomic E-state index is 0.148. The van der Waals surface area contributed by atoms with Crippen LogP contribution in [-0.2, 0) is 0 Å². The second kappa shape index (κ2) is 4.76. The molecular formula is C14H14ClN5. The highest BCUT2D eigenvalue weighted by Gasteiger charge is 2.18. The number of benzene rings is 1. The number of nitrogens with two attached hydrogens (primary N) is 1. The van der Waals surface area contributed by atoms with Crippen LogP contribution in [0, 0.1) is 0 Å². The molecule has 0 bridgehead atoms. The number of halogens is 1. The molecule has 1 aromatic carbocycles. The third-order valence-electron chi connectivity index (χ3n) is 3.10. The molecule has 102 valence electrons. The van der Waals surface area contributed by atoms with Crippen LogP contribution < -0.4 is 5.73 Å². The molecule has 0 fully saturated rings. The number of nitrogen functional groups attached to an aromatic ring is 1. The van der Waals surface area contributed by atoms with Crippen LogP contribution >= 0.6 is 11.6 Å². The average molecular weight is 288 g/mol. The van der Waals surface area contributed by atoms with Crippen molar-refractivity contribution < 1.29 is 0 Å². The van der Waals surface area contributed by atoms with Crippen LogP contribution in [0.5, 0.6) is 0 Å². The molecule has 6 heteroatoms. The molecule has 3 rings (SSSR count). The first-order chi connectivity index (χ1) is 9.58. The van der Waals surface area contributed by atoms with Crippen molar-refractivity contribution >= 4 is 28.7 Å². The Labute approximate surface area is 121 Å². The molecule has 5 nitrogen and oxygen atoms in total. The third-order valence-corrected chi connectivity index (χ3v) is 3.27. The molecule has 0 spiro atoms. The lowest BCUT2D eigenvalue weighted by atomic mass is 10.1. The summed E-state index contributed by atoms with van der Waals surface area (Å²) in [5, 5.41) is 0.193. The Morgan fingerprint density at radius 3 is 2.45 bits per heavy atom. The molecule has 0 unspecified atom stereocenters. The van der Waals surface area contributed by atoms with Crippen molar-refractivity contribution in [3.8, 4) is 11.3 Å². The van der Waals surface area contributed by atoms with Crippen molar-refractivity contribution in [2.75, 3.05) is 5.73 Å². The van der Waals surface area contributed by atoms with Crippen molar-refractivity contribution in [2.24, 2.45) is 0 Å². The Morgan fingerprint density at radius 2 is 1.80 bits per heavy atom. The summed E-state index contributed by atoms with van der Waals surface area (Å²) >= 11 is 6.06.